The SMILES string of the molecule is CCn1ncnc1[C@H](NC(=O)c1ccc(S(N)(=O)=O)cc1)C1CC1. The van der Waals surface area contributed by atoms with Crippen LogP contribution >= 0.6 is 0 Å². The molecule has 1 amide bonds. The second-order valence-electron chi connectivity index (χ2n) is 5.79. The maximum atomic E-state index is 12.5. The fourth-order valence-corrected chi connectivity index (χ4v) is 3.12. The van der Waals surface area contributed by atoms with Crippen molar-refractivity contribution in [2.24, 2.45) is 11.1 Å². The van der Waals surface area contributed by atoms with E-state index in [4.69, 9.17) is 5.14 Å². The van der Waals surface area contributed by atoms with Crippen molar-refractivity contribution in [1.29, 1.82) is 0 Å². The van der Waals surface area contributed by atoms with Crippen LogP contribution in [0.4, 0.5) is 0 Å². The molecule has 1 aromatic carbocycles. The average molecular weight is 349 g/mol. The third-order valence-electron chi connectivity index (χ3n) is 4.05. The number of nitrogens with one attached hydrogen (secondary N) is 1. The number of benzene rings is 1. The minimum absolute atomic E-state index is 0.0245. The van der Waals surface area contributed by atoms with E-state index in [9.17, 15) is 13.2 Å². The van der Waals surface area contributed by atoms with Crippen molar-refractivity contribution < 1.29 is 13.2 Å². The molecular formula is C15H19N5O3S. The number of aryl methyl sites for hydroxylation is 1. The Morgan fingerprint density at radius 3 is 2.58 bits per heavy atom. The van der Waals surface area contributed by atoms with E-state index in [0.717, 1.165) is 18.7 Å². The third kappa shape index (κ3) is 3.46. The average Bonchev–Trinajstić information content (AvgIpc) is 3.28. The summed E-state index contributed by atoms with van der Waals surface area (Å²) >= 11 is 0. The van der Waals surface area contributed by atoms with Gasteiger partial charge in [-0.1, -0.05) is 0 Å². The quantitative estimate of drug-likeness (QED) is 0.800. The summed E-state index contributed by atoms with van der Waals surface area (Å²) < 4.78 is 24.3. The minimum Gasteiger partial charge on any atom is -0.342 e. The first-order valence-corrected chi connectivity index (χ1v) is 9.26. The molecule has 1 aliphatic rings. The lowest BCUT2D eigenvalue weighted by Gasteiger charge is -2.18. The van der Waals surface area contributed by atoms with Gasteiger partial charge >= 0.3 is 0 Å². The molecule has 1 atom stereocenters. The maximum Gasteiger partial charge on any atom is 0.251 e. The van der Waals surface area contributed by atoms with Crippen molar-refractivity contribution in [3.05, 3.63) is 42.0 Å². The first kappa shape index (κ1) is 16.6. The van der Waals surface area contributed by atoms with Gasteiger partial charge in [-0.25, -0.2) is 23.2 Å². The second kappa shape index (κ2) is 6.33. The summed E-state index contributed by atoms with van der Waals surface area (Å²) in [6.07, 6.45) is 3.55. The van der Waals surface area contributed by atoms with Gasteiger partial charge in [0, 0.05) is 12.1 Å². The zero-order valence-corrected chi connectivity index (χ0v) is 14.0. The number of hydrogen-bond acceptors (Lipinski definition) is 5. The van der Waals surface area contributed by atoms with Gasteiger partial charge in [-0.15, -0.1) is 0 Å². The van der Waals surface area contributed by atoms with Crippen LogP contribution in [0, 0.1) is 5.92 Å². The molecule has 0 radical (unpaired) electrons. The standard InChI is InChI=1S/C15H19N5O3S/c1-2-20-14(17-9-18-20)13(10-3-4-10)19-15(21)11-5-7-12(8-6-11)24(16,22)23/h5-10,13H,2-4H2,1H3,(H,19,21)(H2,16,22,23)/t13-/m1/s1. The van der Waals surface area contributed by atoms with Gasteiger partial charge < -0.3 is 5.32 Å². The Bertz CT molecular complexity index is 840. The molecule has 0 aliphatic heterocycles. The largest absolute Gasteiger partial charge is 0.342 e. The Hall–Kier alpha value is -2.26. The van der Waals surface area contributed by atoms with Crippen LogP contribution in [0.2, 0.25) is 0 Å². The predicted octanol–water partition coefficient (Wildman–Crippen LogP) is 0.827. The number of primary sulfonamides is 1. The molecule has 2 aromatic rings. The predicted molar refractivity (Wildman–Crippen MR) is 86.4 cm³/mol. The van der Waals surface area contributed by atoms with E-state index in [0.29, 0.717) is 18.0 Å². The first-order valence-electron chi connectivity index (χ1n) is 7.71. The summed E-state index contributed by atoms with van der Waals surface area (Å²) in [4.78, 5) is 16.8. The zero-order chi connectivity index (χ0) is 17.3. The monoisotopic (exact) mass is 349 g/mol. The van der Waals surface area contributed by atoms with Gasteiger partial charge in [-0.2, -0.15) is 5.10 Å². The Kier molecular flexibility index (Phi) is 4.37. The molecule has 1 aliphatic carbocycles. The summed E-state index contributed by atoms with van der Waals surface area (Å²) in [5.41, 5.74) is 0.371. The second-order valence-corrected chi connectivity index (χ2v) is 7.35. The van der Waals surface area contributed by atoms with Crippen LogP contribution in [0.1, 0.15) is 42.0 Å². The minimum atomic E-state index is -3.77. The van der Waals surface area contributed by atoms with Gasteiger partial charge in [0.1, 0.15) is 12.2 Å². The highest BCUT2D eigenvalue weighted by Crippen LogP contribution is 2.40. The summed E-state index contributed by atoms with van der Waals surface area (Å²) in [5.74, 6) is 0.820. The number of sulfonamides is 1. The number of rotatable bonds is 6. The molecule has 0 saturated heterocycles. The van der Waals surface area contributed by atoms with E-state index in [-0.39, 0.29) is 16.8 Å². The lowest BCUT2D eigenvalue weighted by Crippen LogP contribution is -2.32. The van der Waals surface area contributed by atoms with Crippen molar-refractivity contribution in [3.8, 4) is 0 Å². The van der Waals surface area contributed by atoms with E-state index in [2.05, 4.69) is 15.4 Å². The van der Waals surface area contributed by atoms with Gasteiger partial charge in [-0.3, -0.25) is 4.79 Å². The molecule has 1 aromatic heterocycles. The molecule has 1 heterocycles. The highest BCUT2D eigenvalue weighted by atomic mass is 32.2. The van der Waals surface area contributed by atoms with E-state index >= 15 is 0 Å². The summed E-state index contributed by atoms with van der Waals surface area (Å²) in [5, 5.41) is 12.2. The van der Waals surface area contributed by atoms with Crippen LogP contribution in [-0.4, -0.2) is 29.1 Å². The van der Waals surface area contributed by atoms with Crippen molar-refractivity contribution in [2.75, 3.05) is 0 Å². The number of aromatic nitrogens is 3. The van der Waals surface area contributed by atoms with E-state index in [1.807, 2.05) is 6.92 Å². The van der Waals surface area contributed by atoms with Gasteiger partial charge in [0.05, 0.1) is 10.9 Å². The molecule has 1 fully saturated rings. The Morgan fingerprint density at radius 1 is 1.38 bits per heavy atom. The van der Waals surface area contributed by atoms with Crippen molar-refractivity contribution in [3.63, 3.8) is 0 Å². The topological polar surface area (TPSA) is 120 Å². The van der Waals surface area contributed by atoms with Crippen LogP contribution in [0.5, 0.6) is 0 Å². The Labute approximate surface area is 140 Å². The summed E-state index contributed by atoms with van der Waals surface area (Å²) in [6, 6.07) is 5.35. The first-order chi connectivity index (χ1) is 11.4. The van der Waals surface area contributed by atoms with Crippen LogP contribution in [0.25, 0.3) is 0 Å². The molecule has 128 valence electrons. The van der Waals surface area contributed by atoms with Gasteiger partial charge in [-0.05, 0) is 49.9 Å². The van der Waals surface area contributed by atoms with Crippen molar-refractivity contribution in [1.82, 2.24) is 20.1 Å². The van der Waals surface area contributed by atoms with E-state index < -0.39 is 10.0 Å². The van der Waals surface area contributed by atoms with Crippen LogP contribution in [0.15, 0.2) is 35.5 Å². The third-order valence-corrected chi connectivity index (χ3v) is 4.98. The molecule has 0 bridgehead atoms. The number of carbonyl (C=O) groups excluding carboxylic acids is 1. The zero-order valence-electron chi connectivity index (χ0n) is 13.2. The molecule has 1 saturated carbocycles. The number of amides is 1. The Balaban J connectivity index is 1.79. The van der Waals surface area contributed by atoms with E-state index in [1.54, 1.807) is 4.68 Å². The number of nitrogens with zero attached hydrogens (tertiary/aromatic N) is 3. The maximum absolute atomic E-state index is 12.5. The van der Waals surface area contributed by atoms with Gasteiger partial charge in [0.2, 0.25) is 10.0 Å². The molecule has 3 rings (SSSR count). The van der Waals surface area contributed by atoms with Gasteiger partial charge in [0.15, 0.2) is 0 Å². The van der Waals surface area contributed by atoms with Crippen LogP contribution < -0.4 is 10.5 Å². The smallest absolute Gasteiger partial charge is 0.251 e. The van der Waals surface area contributed by atoms with Crippen LogP contribution in [0.3, 0.4) is 0 Å². The molecule has 0 spiro atoms. The summed E-state index contributed by atoms with van der Waals surface area (Å²) in [7, 11) is -3.77. The number of carbonyl (C=O) groups is 1. The van der Waals surface area contributed by atoms with Crippen molar-refractivity contribution >= 4 is 15.9 Å². The van der Waals surface area contributed by atoms with Crippen LogP contribution in [-0.2, 0) is 16.6 Å². The van der Waals surface area contributed by atoms with Gasteiger partial charge in [0.25, 0.3) is 5.91 Å². The highest BCUT2D eigenvalue weighted by Gasteiger charge is 2.36. The molecule has 24 heavy (non-hydrogen) atoms. The molecular weight excluding hydrogens is 330 g/mol. The lowest BCUT2D eigenvalue weighted by molar-refractivity contribution is 0.0928. The molecule has 8 nitrogen and oxygen atoms in total. The fourth-order valence-electron chi connectivity index (χ4n) is 2.60. The highest BCUT2D eigenvalue weighted by molar-refractivity contribution is 7.89. The molecule has 9 heteroatoms. The lowest BCUT2D eigenvalue weighted by atomic mass is 10.1. The molecule has 3 N–H and O–H groups in total. The number of hydrogen-bond donors (Lipinski definition) is 2. The summed E-state index contributed by atoms with van der Waals surface area (Å²) in [6.45, 7) is 2.65. The van der Waals surface area contributed by atoms with Crippen molar-refractivity contribution in [2.45, 2.75) is 37.2 Å². The Morgan fingerprint density at radius 2 is 2.04 bits per heavy atom. The fraction of sp³-hybridized carbons (Fsp3) is 0.400. The normalized spacial score (nSPS) is 15.9. The molecule has 0 unspecified atom stereocenters. The number of nitrogens with two attached hydrogens (primary N) is 1. The van der Waals surface area contributed by atoms with E-state index in [1.165, 1.54) is 30.6 Å².